The van der Waals surface area contributed by atoms with Gasteiger partial charge in [-0.05, 0) is 46.3 Å². The van der Waals surface area contributed by atoms with Crippen molar-refractivity contribution < 1.29 is 21.5 Å². The summed E-state index contributed by atoms with van der Waals surface area (Å²) in [5.74, 6) is 6.50. The van der Waals surface area contributed by atoms with Crippen LogP contribution >= 0.6 is 11.3 Å². The molecule has 0 fully saturated rings. The topological polar surface area (TPSA) is 25.8 Å². The minimum absolute atomic E-state index is 0. The molecule has 0 unspecified atom stereocenters. The van der Waals surface area contributed by atoms with Gasteiger partial charge in [-0.1, -0.05) is 43.0 Å². The molecule has 0 atom stereocenters. The Morgan fingerprint density at radius 1 is 0.850 bits per heavy atom. The van der Waals surface area contributed by atoms with Gasteiger partial charge in [0.05, 0.1) is 0 Å². The van der Waals surface area contributed by atoms with Crippen LogP contribution in [0.5, 0.6) is 0 Å². The van der Waals surface area contributed by atoms with Crippen LogP contribution in [0, 0.1) is 19.1 Å². The molecular weight excluding hydrogens is 745 g/mol. The molecule has 0 spiro atoms. The smallest absolute Gasteiger partial charge is 0 e. The van der Waals surface area contributed by atoms with Crippen molar-refractivity contribution in [3.8, 4) is 22.5 Å². The summed E-state index contributed by atoms with van der Waals surface area (Å²) in [5.41, 5.74) is 6.23. The van der Waals surface area contributed by atoms with Crippen molar-refractivity contribution in [2.45, 2.75) is 43.9 Å². The largest absolute Gasteiger partial charge is 0 e. The van der Waals surface area contributed by atoms with E-state index in [1.807, 2.05) is 62.5 Å². The normalized spacial score (nSPS) is 11.9. The van der Waals surface area contributed by atoms with Gasteiger partial charge in [0.15, 0.2) is 0 Å². The Morgan fingerprint density at radius 2 is 1.68 bits per heavy atom. The molecule has 0 aliphatic rings. The van der Waals surface area contributed by atoms with Gasteiger partial charge in [0.2, 0.25) is 0 Å². The van der Waals surface area contributed by atoms with Crippen LogP contribution in [0.1, 0.15) is 32.2 Å². The number of pyridine rings is 2. The summed E-state index contributed by atoms with van der Waals surface area (Å²) in [6.45, 7) is 5.93. The third kappa shape index (κ3) is 6.80. The Labute approximate surface area is 260 Å². The molecule has 0 bridgehead atoms. The van der Waals surface area contributed by atoms with Crippen molar-refractivity contribution in [2.24, 2.45) is 0 Å². The van der Waals surface area contributed by atoms with E-state index in [-0.39, 0.29) is 20.1 Å². The number of rotatable bonds is 4. The monoisotopic (exact) mass is 782 g/mol. The zero-order valence-corrected chi connectivity index (χ0v) is 29.1. The second-order valence-electron chi connectivity index (χ2n) is 11.1. The standard InChI is InChI=1S/C21H18NS.C14H16GeN.Ir/c1-13(2)15-9-10-22-19(12-15)18-6-4-5-17-16-8-7-14(3)11-20(16)23-21(17)18;1-15(2,3)13-9-10-14(16-11-13)12-7-5-4-6-8-12;/h4-5,7-13H,1-3H3;4-7,9-11H,1-3H3;/q2*-1;/i13D;;. The van der Waals surface area contributed by atoms with Gasteiger partial charge in [0, 0.05) is 32.4 Å². The van der Waals surface area contributed by atoms with E-state index in [0.29, 0.717) is 0 Å². The predicted octanol–water partition coefficient (Wildman–Crippen LogP) is 9.44. The molecule has 0 amide bonds. The van der Waals surface area contributed by atoms with E-state index in [1.54, 1.807) is 17.5 Å². The van der Waals surface area contributed by atoms with Crippen LogP contribution in [0.4, 0.5) is 0 Å². The Morgan fingerprint density at radius 3 is 2.35 bits per heavy atom. The zero-order chi connectivity index (χ0) is 28.5. The van der Waals surface area contributed by atoms with Gasteiger partial charge in [-0.15, -0.1) is 23.8 Å². The van der Waals surface area contributed by atoms with E-state index in [0.717, 1.165) is 28.1 Å². The molecule has 6 rings (SSSR count). The summed E-state index contributed by atoms with van der Waals surface area (Å²) in [4.78, 5) is 9.08. The zero-order valence-electron chi connectivity index (χ0n) is 24.8. The summed E-state index contributed by atoms with van der Waals surface area (Å²) in [6.07, 6.45) is 3.83. The molecule has 3 aromatic heterocycles. The molecule has 3 aromatic carbocycles. The first-order valence-corrected chi connectivity index (χ1v) is 21.4. The van der Waals surface area contributed by atoms with Crippen LogP contribution in [-0.2, 0) is 20.1 Å². The fourth-order valence-corrected chi connectivity index (χ4v) is 7.94. The van der Waals surface area contributed by atoms with E-state index >= 15 is 0 Å². The Balaban J connectivity index is 0.000000200. The quantitative estimate of drug-likeness (QED) is 0.132. The van der Waals surface area contributed by atoms with Gasteiger partial charge in [-0.3, -0.25) is 0 Å². The van der Waals surface area contributed by atoms with E-state index in [9.17, 15) is 0 Å². The number of nitrogens with zero attached hydrogens (tertiary/aromatic N) is 2. The van der Waals surface area contributed by atoms with Crippen LogP contribution in [0.2, 0.25) is 17.3 Å². The van der Waals surface area contributed by atoms with Crippen LogP contribution in [0.3, 0.4) is 0 Å². The van der Waals surface area contributed by atoms with E-state index in [4.69, 9.17) is 1.37 Å². The fraction of sp³-hybridized carbons (Fsp3) is 0.200. The van der Waals surface area contributed by atoms with E-state index in [1.165, 1.54) is 30.1 Å². The number of aromatic nitrogens is 2. The first-order valence-electron chi connectivity index (χ1n) is 13.7. The van der Waals surface area contributed by atoms with Crippen LogP contribution in [0.25, 0.3) is 42.7 Å². The molecule has 3 heterocycles. The molecule has 0 aliphatic carbocycles. The van der Waals surface area contributed by atoms with Crippen molar-refractivity contribution in [1.82, 2.24) is 9.97 Å². The number of benzene rings is 3. The SMILES string of the molecule is [2H]C(C)(C)c1ccnc(-c2[c-]ccc3c2sc2cc(C)ccc23)c1.[CH3][Ge]([CH3])([CH3])[c]1ccc(-c2[c-]cccc2)nc1.[Ir]. The predicted molar refractivity (Wildman–Crippen MR) is 172 cm³/mol. The van der Waals surface area contributed by atoms with Crippen LogP contribution < -0.4 is 4.40 Å². The molecule has 2 nitrogen and oxygen atoms in total. The third-order valence-corrected chi connectivity index (χ3v) is 12.2. The van der Waals surface area contributed by atoms with Crippen LogP contribution in [-0.4, -0.2) is 23.2 Å². The van der Waals surface area contributed by atoms with Crippen molar-refractivity contribution >= 4 is 49.2 Å². The Hall–Kier alpha value is -2.63. The van der Waals surface area contributed by atoms with Crippen molar-refractivity contribution in [1.29, 1.82) is 0 Å². The molecule has 40 heavy (non-hydrogen) atoms. The second kappa shape index (κ2) is 12.9. The van der Waals surface area contributed by atoms with Gasteiger partial charge >= 0.3 is 99.8 Å². The average Bonchev–Trinajstić information content (AvgIpc) is 3.31. The summed E-state index contributed by atoms with van der Waals surface area (Å²) in [5, 5.41) is 2.54. The molecule has 5 heteroatoms. The minimum atomic E-state index is -1.72. The maximum atomic E-state index is 8.27. The third-order valence-electron chi connectivity index (χ3n) is 6.80. The fourth-order valence-electron chi connectivity index (χ4n) is 4.47. The summed E-state index contributed by atoms with van der Waals surface area (Å²) >= 11 is 0.0766. The van der Waals surface area contributed by atoms with Gasteiger partial charge in [-0.25, -0.2) is 0 Å². The van der Waals surface area contributed by atoms with Gasteiger partial charge in [0.25, 0.3) is 0 Å². The van der Waals surface area contributed by atoms with Gasteiger partial charge < -0.3 is 4.98 Å². The molecule has 0 N–H and O–H groups in total. The van der Waals surface area contributed by atoms with Crippen LogP contribution in [0.15, 0.2) is 91.3 Å². The van der Waals surface area contributed by atoms with Gasteiger partial charge in [0.1, 0.15) is 0 Å². The Bertz CT molecular complexity index is 1770. The summed E-state index contributed by atoms with van der Waals surface area (Å²) in [6, 6.07) is 33.5. The number of fused-ring (bicyclic) bond motifs is 3. The molecular formula is C35H34GeIrN2S-2. The second-order valence-corrected chi connectivity index (χ2v) is 22.8. The maximum absolute atomic E-state index is 8.27. The van der Waals surface area contributed by atoms with E-state index < -0.39 is 19.2 Å². The first-order chi connectivity index (χ1) is 19.0. The Kier molecular flexibility index (Phi) is 9.32. The van der Waals surface area contributed by atoms with Gasteiger partial charge in [-0.2, -0.15) is 11.3 Å². The molecule has 0 saturated heterocycles. The molecule has 205 valence electrons. The summed E-state index contributed by atoms with van der Waals surface area (Å²) < 4.78 is 12.2. The number of hydrogen-bond donors (Lipinski definition) is 0. The van der Waals surface area contributed by atoms with Crippen molar-refractivity contribution in [2.75, 3.05) is 0 Å². The van der Waals surface area contributed by atoms with Crippen molar-refractivity contribution in [3.63, 3.8) is 0 Å². The van der Waals surface area contributed by atoms with E-state index in [2.05, 4.69) is 82.7 Å². The minimum Gasteiger partial charge on any atom is 0 e. The first kappa shape index (κ1) is 28.9. The molecule has 1 radical (unpaired) electrons. The molecule has 6 aromatic rings. The number of aryl methyl sites for hydroxylation is 1. The number of hydrogen-bond acceptors (Lipinski definition) is 3. The van der Waals surface area contributed by atoms with Crippen molar-refractivity contribution in [3.05, 3.63) is 115 Å². The molecule has 0 aliphatic heterocycles. The molecule has 0 saturated carbocycles. The number of thiophene rings is 1. The average molecular weight is 781 g/mol. The summed E-state index contributed by atoms with van der Waals surface area (Å²) in [7, 11) is 0. The maximum Gasteiger partial charge on any atom is 0 e.